The van der Waals surface area contributed by atoms with Gasteiger partial charge < -0.3 is 9.47 Å². The van der Waals surface area contributed by atoms with E-state index in [-0.39, 0.29) is 5.43 Å². The molecule has 5 nitrogen and oxygen atoms in total. The predicted octanol–water partition coefficient (Wildman–Crippen LogP) is 3.11. The molecule has 0 radical (unpaired) electrons. The summed E-state index contributed by atoms with van der Waals surface area (Å²) in [6.07, 6.45) is 0. The molecule has 0 saturated carbocycles. The summed E-state index contributed by atoms with van der Waals surface area (Å²) in [6, 6.07) is 16.0. The Morgan fingerprint density at radius 3 is 1.77 bits per heavy atom. The standard InChI is InChI=1S/C25H34N4O/c1-3-26(4-2)13-14-27-15-17-28(18-16-27)19-20-29-23-11-7-5-9-21(23)25(30)22-10-6-8-12-24(22)29/h5-12H,3-4,13-20H2,1-2H3. The summed E-state index contributed by atoms with van der Waals surface area (Å²) >= 11 is 0. The van der Waals surface area contributed by atoms with E-state index in [1.807, 2.05) is 36.4 Å². The van der Waals surface area contributed by atoms with Crippen LogP contribution in [0.4, 0.5) is 0 Å². The molecule has 1 aliphatic rings. The van der Waals surface area contributed by atoms with Gasteiger partial charge in [0.1, 0.15) is 0 Å². The molecule has 30 heavy (non-hydrogen) atoms. The van der Waals surface area contributed by atoms with Crippen molar-refractivity contribution >= 4 is 21.8 Å². The van der Waals surface area contributed by atoms with Crippen LogP contribution in [0.5, 0.6) is 0 Å². The van der Waals surface area contributed by atoms with Gasteiger partial charge in [-0.05, 0) is 37.4 Å². The molecular weight excluding hydrogens is 372 g/mol. The molecule has 0 bridgehead atoms. The second-order valence-electron chi connectivity index (χ2n) is 8.23. The van der Waals surface area contributed by atoms with Crippen molar-refractivity contribution in [2.75, 3.05) is 58.9 Å². The summed E-state index contributed by atoms with van der Waals surface area (Å²) in [5.41, 5.74) is 2.22. The Bertz CT molecular complexity index is 972. The van der Waals surface area contributed by atoms with E-state index in [0.717, 1.165) is 74.2 Å². The van der Waals surface area contributed by atoms with Gasteiger partial charge in [-0.3, -0.25) is 14.6 Å². The Balaban J connectivity index is 1.43. The fraction of sp³-hybridized carbons (Fsp3) is 0.480. The van der Waals surface area contributed by atoms with Gasteiger partial charge in [-0.15, -0.1) is 0 Å². The minimum atomic E-state index is 0.138. The van der Waals surface area contributed by atoms with Crippen LogP contribution in [0, 0.1) is 0 Å². The molecule has 2 heterocycles. The number of pyridine rings is 1. The fourth-order valence-corrected chi connectivity index (χ4v) is 4.62. The van der Waals surface area contributed by atoms with Crippen LogP contribution in [0.15, 0.2) is 53.3 Å². The van der Waals surface area contributed by atoms with Gasteiger partial charge in [0, 0.05) is 63.1 Å². The number of hydrogen-bond donors (Lipinski definition) is 0. The van der Waals surface area contributed by atoms with E-state index in [1.54, 1.807) is 0 Å². The quantitative estimate of drug-likeness (QED) is 0.538. The molecule has 160 valence electrons. The van der Waals surface area contributed by atoms with Crippen molar-refractivity contribution in [2.45, 2.75) is 20.4 Å². The van der Waals surface area contributed by atoms with E-state index < -0.39 is 0 Å². The van der Waals surface area contributed by atoms with Crippen molar-refractivity contribution in [1.82, 2.24) is 19.3 Å². The van der Waals surface area contributed by atoms with Crippen molar-refractivity contribution in [3.63, 3.8) is 0 Å². The van der Waals surface area contributed by atoms with E-state index in [1.165, 1.54) is 13.1 Å². The number of para-hydroxylation sites is 2. The lowest BCUT2D eigenvalue weighted by Crippen LogP contribution is -2.49. The van der Waals surface area contributed by atoms with Gasteiger partial charge in [0.15, 0.2) is 5.43 Å². The summed E-state index contributed by atoms with van der Waals surface area (Å²) in [7, 11) is 0. The maximum absolute atomic E-state index is 12.9. The Kier molecular flexibility index (Phi) is 6.82. The number of likely N-dealkylation sites (N-methyl/N-ethyl adjacent to an activating group) is 1. The lowest BCUT2D eigenvalue weighted by Gasteiger charge is -2.36. The van der Waals surface area contributed by atoms with Crippen LogP contribution in [-0.4, -0.2) is 78.2 Å². The van der Waals surface area contributed by atoms with E-state index in [0.29, 0.717) is 0 Å². The predicted molar refractivity (Wildman–Crippen MR) is 126 cm³/mol. The highest BCUT2D eigenvalue weighted by Gasteiger charge is 2.18. The molecule has 0 spiro atoms. The van der Waals surface area contributed by atoms with Crippen LogP contribution in [-0.2, 0) is 6.54 Å². The van der Waals surface area contributed by atoms with Crippen molar-refractivity contribution in [3.05, 3.63) is 58.8 Å². The summed E-state index contributed by atoms with van der Waals surface area (Å²) < 4.78 is 2.33. The van der Waals surface area contributed by atoms with Crippen molar-refractivity contribution in [3.8, 4) is 0 Å². The normalized spacial score (nSPS) is 16.1. The zero-order valence-corrected chi connectivity index (χ0v) is 18.4. The highest BCUT2D eigenvalue weighted by molar-refractivity contribution is 5.93. The van der Waals surface area contributed by atoms with Crippen LogP contribution >= 0.6 is 0 Å². The zero-order valence-electron chi connectivity index (χ0n) is 18.4. The molecule has 0 aliphatic carbocycles. The van der Waals surface area contributed by atoms with Gasteiger partial charge in [-0.2, -0.15) is 0 Å². The second-order valence-corrected chi connectivity index (χ2v) is 8.23. The van der Waals surface area contributed by atoms with E-state index in [9.17, 15) is 4.79 Å². The first kappa shape index (κ1) is 21.0. The average Bonchev–Trinajstić information content (AvgIpc) is 2.80. The number of aromatic nitrogens is 1. The molecule has 0 unspecified atom stereocenters. The molecule has 0 amide bonds. The molecule has 1 aliphatic heterocycles. The van der Waals surface area contributed by atoms with E-state index in [4.69, 9.17) is 0 Å². The molecule has 1 fully saturated rings. The summed E-state index contributed by atoms with van der Waals surface area (Å²) in [6.45, 7) is 15.5. The highest BCUT2D eigenvalue weighted by atomic mass is 16.1. The summed E-state index contributed by atoms with van der Waals surface area (Å²) in [4.78, 5) is 20.6. The number of hydrogen-bond acceptors (Lipinski definition) is 4. The Hall–Kier alpha value is -2.21. The molecule has 0 atom stereocenters. The van der Waals surface area contributed by atoms with Crippen LogP contribution in [0.2, 0.25) is 0 Å². The van der Waals surface area contributed by atoms with Crippen LogP contribution in [0.25, 0.3) is 21.8 Å². The van der Waals surface area contributed by atoms with E-state index >= 15 is 0 Å². The first-order valence-corrected chi connectivity index (χ1v) is 11.4. The monoisotopic (exact) mass is 406 g/mol. The van der Waals surface area contributed by atoms with Gasteiger partial charge >= 0.3 is 0 Å². The maximum Gasteiger partial charge on any atom is 0.197 e. The van der Waals surface area contributed by atoms with Gasteiger partial charge in [-0.25, -0.2) is 0 Å². The second kappa shape index (κ2) is 9.73. The smallest absolute Gasteiger partial charge is 0.197 e. The lowest BCUT2D eigenvalue weighted by molar-refractivity contribution is 0.118. The Morgan fingerprint density at radius 1 is 0.733 bits per heavy atom. The first-order valence-electron chi connectivity index (χ1n) is 11.4. The van der Waals surface area contributed by atoms with Crippen LogP contribution in [0.1, 0.15) is 13.8 Å². The Labute approximate surface area is 179 Å². The third-order valence-corrected chi connectivity index (χ3v) is 6.61. The zero-order chi connectivity index (χ0) is 20.9. The molecule has 2 aromatic carbocycles. The van der Waals surface area contributed by atoms with Crippen LogP contribution in [0.3, 0.4) is 0 Å². The SMILES string of the molecule is CCN(CC)CCN1CCN(CCn2c3ccccc3c(=O)c3ccccc32)CC1. The van der Waals surface area contributed by atoms with Crippen LogP contribution < -0.4 is 5.43 Å². The minimum absolute atomic E-state index is 0.138. The fourth-order valence-electron chi connectivity index (χ4n) is 4.62. The first-order chi connectivity index (χ1) is 14.7. The van der Waals surface area contributed by atoms with E-state index in [2.05, 4.69) is 45.2 Å². The molecule has 1 saturated heterocycles. The summed E-state index contributed by atoms with van der Waals surface area (Å²) in [5, 5.41) is 1.63. The number of fused-ring (bicyclic) bond motifs is 2. The molecule has 1 aromatic heterocycles. The van der Waals surface area contributed by atoms with Crippen molar-refractivity contribution in [1.29, 1.82) is 0 Å². The molecular formula is C25H34N4O. The Morgan fingerprint density at radius 2 is 1.23 bits per heavy atom. The number of rotatable bonds is 8. The molecule has 3 aromatic rings. The van der Waals surface area contributed by atoms with Crippen molar-refractivity contribution in [2.24, 2.45) is 0 Å². The number of piperazine rings is 1. The topological polar surface area (TPSA) is 31.7 Å². The maximum atomic E-state index is 12.9. The van der Waals surface area contributed by atoms with Gasteiger partial charge in [0.2, 0.25) is 0 Å². The molecule has 0 N–H and O–H groups in total. The van der Waals surface area contributed by atoms with Gasteiger partial charge in [-0.1, -0.05) is 38.1 Å². The van der Waals surface area contributed by atoms with Gasteiger partial charge in [0.05, 0.1) is 11.0 Å². The van der Waals surface area contributed by atoms with Crippen molar-refractivity contribution < 1.29 is 0 Å². The molecule has 5 heteroatoms. The minimum Gasteiger partial charge on any atom is -0.339 e. The van der Waals surface area contributed by atoms with Gasteiger partial charge in [0.25, 0.3) is 0 Å². The number of benzene rings is 2. The lowest BCUT2D eigenvalue weighted by atomic mass is 10.1. The largest absolute Gasteiger partial charge is 0.339 e. The number of nitrogens with zero attached hydrogens (tertiary/aromatic N) is 4. The molecule has 4 rings (SSSR count). The summed E-state index contributed by atoms with van der Waals surface area (Å²) in [5.74, 6) is 0. The highest BCUT2D eigenvalue weighted by Crippen LogP contribution is 2.19. The third-order valence-electron chi connectivity index (χ3n) is 6.61. The third kappa shape index (κ3) is 4.43. The average molecular weight is 407 g/mol.